The van der Waals surface area contributed by atoms with Crippen LogP contribution in [0, 0.1) is 10.1 Å². The molecule has 0 saturated carbocycles. The minimum Gasteiger partial charge on any atom is -0.267 e. The number of rotatable bonds is 9. The van der Waals surface area contributed by atoms with Crippen LogP contribution in [-0.4, -0.2) is 41.8 Å². The Morgan fingerprint density at radius 1 is 1.02 bits per heavy atom. The Morgan fingerprint density at radius 2 is 1.71 bits per heavy atom. The van der Waals surface area contributed by atoms with Crippen LogP contribution in [0.2, 0.25) is 0 Å². The van der Waals surface area contributed by atoms with Gasteiger partial charge >= 0.3 is 0 Å². The maximum absolute atomic E-state index is 13.7. The van der Waals surface area contributed by atoms with Crippen molar-refractivity contribution >= 4 is 70.4 Å². The Labute approximate surface area is 253 Å². The number of aromatic nitrogens is 1. The van der Waals surface area contributed by atoms with Crippen LogP contribution in [0.1, 0.15) is 21.5 Å². The highest BCUT2D eigenvalue weighted by atomic mass is 79.9. The van der Waals surface area contributed by atoms with E-state index in [9.17, 15) is 23.3 Å². The van der Waals surface area contributed by atoms with Crippen molar-refractivity contribution in [3.05, 3.63) is 128 Å². The molecule has 0 bridgehead atoms. The molecule has 42 heavy (non-hydrogen) atoms. The summed E-state index contributed by atoms with van der Waals surface area (Å²) in [6.45, 7) is 0.197. The third-order valence-electron chi connectivity index (χ3n) is 6.20. The third-order valence-corrected chi connectivity index (χ3v) is 9.50. The van der Waals surface area contributed by atoms with Crippen LogP contribution in [0.4, 0.5) is 10.8 Å². The number of nitro groups is 1. The SMILES string of the molecule is CN(Cc1ccccc1)S(=O)(=O)c1ccc(C(=O)N(/N=C/c2ccc([N+](=O)[O-])cc2)c2nc3ccc(Br)cc3s2)cc1. The fraction of sp³-hybridized carbons (Fsp3) is 0.0690. The van der Waals surface area contributed by atoms with E-state index >= 15 is 0 Å². The van der Waals surface area contributed by atoms with Crippen LogP contribution in [0.5, 0.6) is 0 Å². The number of anilines is 1. The molecule has 5 rings (SSSR count). The van der Waals surface area contributed by atoms with Gasteiger partial charge in [0.2, 0.25) is 15.2 Å². The topological polar surface area (TPSA) is 126 Å². The van der Waals surface area contributed by atoms with Crippen LogP contribution in [0.3, 0.4) is 0 Å². The molecule has 13 heteroatoms. The van der Waals surface area contributed by atoms with Crippen molar-refractivity contribution in [3.8, 4) is 0 Å². The second kappa shape index (κ2) is 12.3. The Kier molecular flexibility index (Phi) is 8.54. The van der Waals surface area contributed by atoms with E-state index in [1.54, 1.807) is 0 Å². The first-order valence-corrected chi connectivity index (χ1v) is 15.5. The fourth-order valence-corrected chi connectivity index (χ4v) is 6.60. The van der Waals surface area contributed by atoms with Gasteiger partial charge in [-0.3, -0.25) is 14.9 Å². The molecule has 1 heterocycles. The van der Waals surface area contributed by atoms with E-state index in [-0.39, 0.29) is 22.7 Å². The molecule has 0 N–H and O–H groups in total. The number of hydrogen-bond donors (Lipinski definition) is 0. The van der Waals surface area contributed by atoms with Crippen molar-refractivity contribution < 1.29 is 18.1 Å². The first kappa shape index (κ1) is 29.2. The molecule has 0 radical (unpaired) electrons. The number of halogens is 1. The van der Waals surface area contributed by atoms with Gasteiger partial charge in [-0.1, -0.05) is 57.6 Å². The average molecular weight is 665 g/mol. The Hall–Kier alpha value is -4.30. The lowest BCUT2D eigenvalue weighted by molar-refractivity contribution is -0.384. The third kappa shape index (κ3) is 6.44. The second-order valence-electron chi connectivity index (χ2n) is 9.09. The molecule has 0 saturated heterocycles. The number of nitro benzene ring substituents is 1. The number of amides is 1. The molecule has 0 fully saturated rings. The fourth-order valence-electron chi connectivity index (χ4n) is 3.97. The summed E-state index contributed by atoms with van der Waals surface area (Å²) in [5, 5.41) is 16.8. The molecule has 0 atom stereocenters. The Balaban J connectivity index is 1.44. The number of nitrogens with zero attached hydrogens (tertiary/aromatic N) is 5. The van der Waals surface area contributed by atoms with Crippen molar-refractivity contribution in [1.82, 2.24) is 9.29 Å². The lowest BCUT2D eigenvalue weighted by Crippen LogP contribution is -2.27. The smallest absolute Gasteiger partial charge is 0.267 e. The molecule has 212 valence electrons. The van der Waals surface area contributed by atoms with Crippen molar-refractivity contribution in [2.45, 2.75) is 11.4 Å². The maximum Gasteiger partial charge on any atom is 0.280 e. The number of sulfonamides is 1. The van der Waals surface area contributed by atoms with Gasteiger partial charge in [0.1, 0.15) is 0 Å². The summed E-state index contributed by atoms with van der Waals surface area (Å²) in [6.07, 6.45) is 1.40. The number of carbonyl (C=O) groups is 1. The summed E-state index contributed by atoms with van der Waals surface area (Å²) in [5.74, 6) is -0.534. The predicted molar refractivity (Wildman–Crippen MR) is 166 cm³/mol. The summed E-state index contributed by atoms with van der Waals surface area (Å²) < 4.78 is 29.3. The second-order valence-corrected chi connectivity index (χ2v) is 13.1. The van der Waals surface area contributed by atoms with E-state index in [0.717, 1.165) is 19.7 Å². The van der Waals surface area contributed by atoms with Gasteiger partial charge < -0.3 is 0 Å². The van der Waals surface area contributed by atoms with Crippen LogP contribution in [-0.2, 0) is 16.6 Å². The highest BCUT2D eigenvalue weighted by Crippen LogP contribution is 2.32. The van der Waals surface area contributed by atoms with E-state index in [1.165, 1.54) is 77.4 Å². The van der Waals surface area contributed by atoms with Crippen LogP contribution in [0.25, 0.3) is 10.2 Å². The Morgan fingerprint density at radius 3 is 2.38 bits per heavy atom. The number of non-ortho nitro benzene ring substituents is 1. The van der Waals surface area contributed by atoms with Crippen molar-refractivity contribution in [1.29, 1.82) is 0 Å². The van der Waals surface area contributed by atoms with E-state index in [2.05, 4.69) is 26.0 Å². The molecule has 0 aliphatic heterocycles. The molecular weight excluding hydrogens is 642 g/mol. The van der Waals surface area contributed by atoms with Gasteiger partial charge in [-0.15, -0.1) is 0 Å². The van der Waals surface area contributed by atoms with Gasteiger partial charge in [0.15, 0.2) is 0 Å². The largest absolute Gasteiger partial charge is 0.280 e. The molecular formula is C29H22BrN5O5S2. The van der Waals surface area contributed by atoms with Gasteiger partial charge in [0.05, 0.1) is 26.3 Å². The first-order chi connectivity index (χ1) is 20.1. The Bertz CT molecular complexity index is 1900. The van der Waals surface area contributed by atoms with Crippen molar-refractivity contribution in [2.75, 3.05) is 12.1 Å². The lowest BCUT2D eigenvalue weighted by atomic mass is 10.2. The first-order valence-electron chi connectivity index (χ1n) is 12.4. The average Bonchev–Trinajstić information content (AvgIpc) is 3.40. The van der Waals surface area contributed by atoms with Crippen LogP contribution >= 0.6 is 27.3 Å². The van der Waals surface area contributed by atoms with Gasteiger partial charge in [0, 0.05) is 35.8 Å². The standard InChI is InChI=1S/C29H22BrN5O5S2/c1-33(19-21-5-3-2-4-6-21)42(39,40)25-14-9-22(10-15-25)28(36)34(29-32-26-16-11-23(30)17-27(26)41-29)31-18-20-7-12-24(13-8-20)35(37)38/h2-18H,19H2,1H3/b31-18+. The number of fused-ring (bicyclic) bond motifs is 1. The number of benzene rings is 4. The number of hydrazone groups is 1. The quantitative estimate of drug-likeness (QED) is 0.101. The monoisotopic (exact) mass is 663 g/mol. The minimum atomic E-state index is -3.81. The minimum absolute atomic E-state index is 0.0447. The van der Waals surface area contributed by atoms with Crippen LogP contribution < -0.4 is 5.01 Å². The molecule has 0 unspecified atom stereocenters. The summed E-state index contributed by atoms with van der Waals surface area (Å²) in [7, 11) is -2.31. The van der Waals surface area contributed by atoms with Gasteiger partial charge in [-0.05, 0) is 65.7 Å². The van der Waals surface area contributed by atoms with Gasteiger partial charge in [-0.25, -0.2) is 13.4 Å². The number of carbonyl (C=O) groups excluding carboxylic acids is 1. The van der Waals surface area contributed by atoms with Gasteiger partial charge in [-0.2, -0.15) is 14.4 Å². The zero-order chi connectivity index (χ0) is 29.9. The number of thiazole rings is 1. The molecule has 0 aliphatic carbocycles. The molecule has 0 spiro atoms. The summed E-state index contributed by atoms with van der Waals surface area (Å²) in [6, 6.07) is 26.1. The summed E-state index contributed by atoms with van der Waals surface area (Å²) in [4.78, 5) is 28.8. The highest BCUT2D eigenvalue weighted by molar-refractivity contribution is 9.10. The molecule has 5 aromatic rings. The highest BCUT2D eigenvalue weighted by Gasteiger charge is 2.24. The summed E-state index contributed by atoms with van der Waals surface area (Å²) >= 11 is 4.70. The molecule has 0 aliphatic rings. The molecule has 4 aromatic carbocycles. The lowest BCUT2D eigenvalue weighted by Gasteiger charge is -2.18. The predicted octanol–water partition coefficient (Wildman–Crippen LogP) is 6.47. The van der Waals surface area contributed by atoms with Crippen molar-refractivity contribution in [2.24, 2.45) is 5.10 Å². The molecule has 1 aromatic heterocycles. The maximum atomic E-state index is 13.7. The van der Waals surface area contributed by atoms with E-state index in [4.69, 9.17) is 0 Å². The molecule has 10 nitrogen and oxygen atoms in total. The number of hydrogen-bond acceptors (Lipinski definition) is 8. The normalized spacial score (nSPS) is 11.8. The van der Waals surface area contributed by atoms with Crippen molar-refractivity contribution in [3.63, 3.8) is 0 Å². The van der Waals surface area contributed by atoms with E-state index < -0.39 is 20.9 Å². The van der Waals surface area contributed by atoms with Crippen LogP contribution in [0.15, 0.2) is 112 Å². The van der Waals surface area contributed by atoms with E-state index in [1.807, 2.05) is 48.5 Å². The van der Waals surface area contributed by atoms with Gasteiger partial charge in [0.25, 0.3) is 11.6 Å². The van der Waals surface area contributed by atoms with E-state index in [0.29, 0.717) is 16.2 Å². The zero-order valence-corrected chi connectivity index (χ0v) is 25.2. The molecule has 1 amide bonds. The zero-order valence-electron chi connectivity index (χ0n) is 22.0. The summed E-state index contributed by atoms with van der Waals surface area (Å²) in [5.41, 5.74) is 2.18.